The van der Waals surface area contributed by atoms with Crippen LogP contribution in [0, 0.1) is 0 Å². The minimum atomic E-state index is -4.22. The number of benzene rings is 3. The third-order valence-electron chi connectivity index (χ3n) is 6.17. The molecule has 0 aliphatic carbocycles. The van der Waals surface area contributed by atoms with E-state index in [4.69, 9.17) is 27.9 Å². The molecule has 0 aliphatic heterocycles. The fraction of sp³-hybridized carbons (Fsp3) is 0.310. The van der Waals surface area contributed by atoms with E-state index in [2.05, 4.69) is 5.32 Å². The van der Waals surface area contributed by atoms with Crippen LogP contribution in [-0.2, 0) is 26.2 Å². The van der Waals surface area contributed by atoms with Crippen LogP contribution in [0.25, 0.3) is 0 Å². The van der Waals surface area contributed by atoms with Crippen molar-refractivity contribution in [2.45, 2.75) is 50.7 Å². The summed E-state index contributed by atoms with van der Waals surface area (Å²) in [6.07, 6.45) is 0.270. The number of hydrogen-bond acceptors (Lipinski definition) is 5. The van der Waals surface area contributed by atoms with Gasteiger partial charge in [0.05, 0.1) is 17.7 Å². The van der Waals surface area contributed by atoms with E-state index < -0.39 is 28.5 Å². The Morgan fingerprint density at radius 3 is 2.10 bits per heavy atom. The smallest absolute Gasteiger partial charge is 0.264 e. The van der Waals surface area contributed by atoms with Gasteiger partial charge in [0, 0.05) is 28.2 Å². The first-order valence-corrected chi connectivity index (χ1v) is 14.9. The summed E-state index contributed by atoms with van der Waals surface area (Å²) in [7, 11) is -2.80. The van der Waals surface area contributed by atoms with Crippen molar-refractivity contribution in [1.82, 2.24) is 10.2 Å². The van der Waals surface area contributed by atoms with E-state index >= 15 is 0 Å². The molecule has 1 N–H and O–H groups in total. The molecule has 0 spiro atoms. The van der Waals surface area contributed by atoms with Crippen LogP contribution in [0.3, 0.4) is 0 Å². The number of rotatable bonds is 12. The van der Waals surface area contributed by atoms with Crippen LogP contribution in [0.4, 0.5) is 5.69 Å². The van der Waals surface area contributed by atoms with Gasteiger partial charge in [-0.1, -0.05) is 66.5 Å². The Bertz CT molecular complexity index is 1410. The summed E-state index contributed by atoms with van der Waals surface area (Å²) in [4.78, 5) is 28.7. The molecule has 1 atom stereocenters. The average molecular weight is 607 g/mol. The van der Waals surface area contributed by atoms with Crippen molar-refractivity contribution in [1.29, 1.82) is 0 Å². The first-order chi connectivity index (χ1) is 19.0. The largest absolute Gasteiger partial charge is 0.495 e. The van der Waals surface area contributed by atoms with Crippen LogP contribution in [0.2, 0.25) is 10.0 Å². The minimum Gasteiger partial charge on any atom is -0.495 e. The third-order valence-corrected chi connectivity index (χ3v) is 8.65. The Morgan fingerprint density at radius 1 is 0.925 bits per heavy atom. The topological polar surface area (TPSA) is 96.0 Å². The van der Waals surface area contributed by atoms with Gasteiger partial charge in [-0.25, -0.2) is 8.42 Å². The Morgan fingerprint density at radius 2 is 1.52 bits per heavy atom. The summed E-state index contributed by atoms with van der Waals surface area (Å²) in [5, 5.41) is 3.50. The molecular weight excluding hydrogens is 573 g/mol. The van der Waals surface area contributed by atoms with Crippen LogP contribution in [-0.4, -0.2) is 50.9 Å². The highest BCUT2D eigenvalue weighted by Crippen LogP contribution is 2.33. The number of nitrogens with one attached hydrogen (secondary N) is 1. The maximum Gasteiger partial charge on any atom is 0.264 e. The number of para-hydroxylation sites is 2. The van der Waals surface area contributed by atoms with Gasteiger partial charge in [-0.05, 0) is 56.7 Å². The van der Waals surface area contributed by atoms with Gasteiger partial charge in [0.2, 0.25) is 11.8 Å². The minimum absolute atomic E-state index is 0.000929. The number of halogens is 2. The van der Waals surface area contributed by atoms with E-state index in [-0.39, 0.29) is 41.2 Å². The maximum atomic E-state index is 14.1. The number of carbonyl (C=O) groups excluding carboxylic acids is 2. The molecule has 8 nitrogen and oxygen atoms in total. The SMILES string of the molecule is CCC(C(=O)NC(C)C)N(Cc1c(Cl)cccc1Cl)C(=O)CN(c1ccccc1OC)S(=O)(=O)c1ccccc1. The number of ether oxygens (including phenoxy) is 1. The third kappa shape index (κ3) is 7.27. The highest BCUT2D eigenvalue weighted by molar-refractivity contribution is 7.92. The van der Waals surface area contributed by atoms with Crippen molar-refractivity contribution in [3.63, 3.8) is 0 Å². The molecule has 11 heteroatoms. The van der Waals surface area contributed by atoms with Crippen LogP contribution in [0.1, 0.15) is 32.8 Å². The first kappa shape index (κ1) is 31.3. The number of carbonyl (C=O) groups is 2. The first-order valence-electron chi connectivity index (χ1n) is 12.7. The summed E-state index contributed by atoms with van der Waals surface area (Å²) < 4.78 is 34.3. The number of sulfonamides is 1. The molecular formula is C29H33Cl2N3O5S. The molecule has 0 saturated heterocycles. The molecule has 1 unspecified atom stereocenters. The van der Waals surface area contributed by atoms with E-state index in [9.17, 15) is 18.0 Å². The monoisotopic (exact) mass is 605 g/mol. The van der Waals surface area contributed by atoms with E-state index in [1.807, 2.05) is 13.8 Å². The lowest BCUT2D eigenvalue weighted by Crippen LogP contribution is -2.53. The van der Waals surface area contributed by atoms with Gasteiger partial charge in [0.25, 0.3) is 10.0 Å². The Balaban J connectivity index is 2.13. The quantitative estimate of drug-likeness (QED) is 0.293. The second-order valence-corrected chi connectivity index (χ2v) is 12.0. The summed E-state index contributed by atoms with van der Waals surface area (Å²) >= 11 is 12.9. The highest BCUT2D eigenvalue weighted by atomic mass is 35.5. The van der Waals surface area contributed by atoms with Gasteiger partial charge in [0.1, 0.15) is 18.3 Å². The van der Waals surface area contributed by atoms with Crippen LogP contribution < -0.4 is 14.4 Å². The second kappa shape index (κ2) is 13.9. The summed E-state index contributed by atoms with van der Waals surface area (Å²) in [5.41, 5.74) is 0.627. The van der Waals surface area contributed by atoms with Gasteiger partial charge >= 0.3 is 0 Å². The highest BCUT2D eigenvalue weighted by Gasteiger charge is 2.35. The molecule has 0 heterocycles. The molecule has 0 fully saturated rings. The predicted octanol–water partition coefficient (Wildman–Crippen LogP) is 5.53. The van der Waals surface area contributed by atoms with Gasteiger partial charge in [-0.3, -0.25) is 13.9 Å². The van der Waals surface area contributed by atoms with E-state index in [1.165, 1.54) is 24.1 Å². The molecule has 3 rings (SSSR count). The molecule has 0 aromatic heterocycles. The molecule has 40 heavy (non-hydrogen) atoms. The Hall–Kier alpha value is -3.27. The van der Waals surface area contributed by atoms with Gasteiger partial charge in [-0.2, -0.15) is 0 Å². The van der Waals surface area contributed by atoms with Crippen molar-refractivity contribution in [2.24, 2.45) is 0 Å². The Kier molecular flexibility index (Phi) is 10.8. The average Bonchev–Trinajstić information content (AvgIpc) is 2.93. The lowest BCUT2D eigenvalue weighted by Gasteiger charge is -2.34. The fourth-order valence-electron chi connectivity index (χ4n) is 4.22. The molecule has 0 aliphatic rings. The molecule has 0 radical (unpaired) electrons. The molecule has 3 aromatic rings. The summed E-state index contributed by atoms with van der Waals surface area (Å²) in [6.45, 7) is 4.70. The Labute approximate surface area is 245 Å². The number of hydrogen-bond donors (Lipinski definition) is 1. The van der Waals surface area contributed by atoms with Gasteiger partial charge < -0.3 is 15.0 Å². The van der Waals surface area contributed by atoms with Crippen LogP contribution in [0.15, 0.2) is 77.7 Å². The zero-order valence-electron chi connectivity index (χ0n) is 22.8. The standard InChI is InChI=1S/C29H33Cl2N3O5S/c1-5-25(29(36)32-20(2)3)33(18-22-23(30)14-11-15-24(22)31)28(35)19-34(26-16-9-10-17-27(26)39-4)40(37,38)21-12-7-6-8-13-21/h6-17,20,25H,5,18-19H2,1-4H3,(H,32,36). The zero-order chi connectivity index (χ0) is 29.4. The van der Waals surface area contributed by atoms with Crippen molar-refractivity contribution >= 4 is 50.7 Å². The second-order valence-electron chi connectivity index (χ2n) is 9.31. The maximum absolute atomic E-state index is 14.1. The number of amides is 2. The van der Waals surface area contributed by atoms with E-state index in [1.54, 1.807) is 67.6 Å². The lowest BCUT2D eigenvalue weighted by atomic mass is 10.1. The number of anilines is 1. The number of nitrogens with zero attached hydrogens (tertiary/aromatic N) is 2. The molecule has 3 aromatic carbocycles. The van der Waals surface area contributed by atoms with Crippen molar-refractivity contribution < 1.29 is 22.7 Å². The summed E-state index contributed by atoms with van der Waals surface area (Å²) in [5.74, 6) is -0.726. The van der Waals surface area contributed by atoms with Crippen LogP contribution in [0.5, 0.6) is 5.75 Å². The van der Waals surface area contributed by atoms with Crippen molar-refractivity contribution in [2.75, 3.05) is 18.0 Å². The van der Waals surface area contributed by atoms with Crippen molar-refractivity contribution in [3.05, 3.63) is 88.4 Å². The van der Waals surface area contributed by atoms with E-state index in [0.29, 0.717) is 15.6 Å². The normalized spacial score (nSPS) is 12.1. The lowest BCUT2D eigenvalue weighted by molar-refractivity contribution is -0.140. The fourth-order valence-corrected chi connectivity index (χ4v) is 6.19. The van der Waals surface area contributed by atoms with Crippen LogP contribution >= 0.6 is 23.2 Å². The van der Waals surface area contributed by atoms with Gasteiger partial charge in [-0.15, -0.1) is 0 Å². The number of methoxy groups -OCH3 is 1. The van der Waals surface area contributed by atoms with Crippen molar-refractivity contribution in [3.8, 4) is 5.75 Å². The molecule has 0 bridgehead atoms. The molecule has 214 valence electrons. The molecule has 2 amide bonds. The molecule has 0 saturated carbocycles. The summed E-state index contributed by atoms with van der Waals surface area (Å²) in [6, 6.07) is 18.2. The van der Waals surface area contributed by atoms with Gasteiger partial charge in [0.15, 0.2) is 0 Å². The zero-order valence-corrected chi connectivity index (χ0v) is 25.1. The predicted molar refractivity (Wildman–Crippen MR) is 158 cm³/mol. The van der Waals surface area contributed by atoms with E-state index in [0.717, 1.165) is 4.31 Å².